The van der Waals surface area contributed by atoms with Crippen molar-refractivity contribution in [3.05, 3.63) is 47.4 Å². The fourth-order valence-electron chi connectivity index (χ4n) is 3.99. The Hall–Kier alpha value is -1.82. The normalized spacial score (nSPS) is 17.8. The molecule has 0 bridgehead atoms. The van der Waals surface area contributed by atoms with E-state index in [2.05, 4.69) is 45.8 Å². The van der Waals surface area contributed by atoms with Crippen LogP contribution in [0, 0.1) is 5.92 Å². The molecule has 2 aliphatic heterocycles. The smallest absolute Gasteiger partial charge is 0.0888 e. The van der Waals surface area contributed by atoms with Crippen molar-refractivity contribution >= 4 is 0 Å². The van der Waals surface area contributed by atoms with Crippen molar-refractivity contribution in [2.75, 3.05) is 26.7 Å². The van der Waals surface area contributed by atoms with E-state index in [9.17, 15) is 0 Å². The van der Waals surface area contributed by atoms with E-state index in [4.69, 9.17) is 4.98 Å². The zero-order valence-corrected chi connectivity index (χ0v) is 15.0. The summed E-state index contributed by atoms with van der Waals surface area (Å²) in [5.74, 6) is 0.804. The van der Waals surface area contributed by atoms with E-state index in [0.29, 0.717) is 0 Å². The monoisotopic (exact) mass is 337 g/mol. The molecule has 0 amide bonds. The van der Waals surface area contributed by atoms with Gasteiger partial charge in [0.15, 0.2) is 0 Å². The molecule has 0 spiro atoms. The lowest BCUT2D eigenvalue weighted by atomic mass is 9.98. The quantitative estimate of drug-likeness (QED) is 0.876. The van der Waals surface area contributed by atoms with Crippen LogP contribution < -0.4 is 10.6 Å². The van der Waals surface area contributed by atoms with E-state index in [1.54, 1.807) is 0 Å². The van der Waals surface area contributed by atoms with Crippen LogP contribution in [0.15, 0.2) is 30.6 Å². The molecule has 25 heavy (non-hydrogen) atoms. The van der Waals surface area contributed by atoms with Gasteiger partial charge in [0.05, 0.1) is 23.8 Å². The Bertz CT molecular complexity index is 707. The zero-order valence-electron chi connectivity index (χ0n) is 15.0. The van der Waals surface area contributed by atoms with E-state index < -0.39 is 0 Å². The first kappa shape index (κ1) is 16.6. The summed E-state index contributed by atoms with van der Waals surface area (Å²) in [6, 6.07) is 6.46. The molecule has 1 aromatic carbocycles. The third kappa shape index (κ3) is 3.89. The number of aromatic nitrogens is 2. The molecule has 2 aromatic rings. The van der Waals surface area contributed by atoms with Crippen LogP contribution >= 0.6 is 0 Å². The van der Waals surface area contributed by atoms with Gasteiger partial charge in [0.2, 0.25) is 0 Å². The third-order valence-electron chi connectivity index (χ3n) is 5.33. The molecular formula is C20H27N5. The number of benzene rings is 1. The number of rotatable bonds is 5. The minimum absolute atomic E-state index is 0.804. The number of hydrogen-bond acceptors (Lipinski definition) is 5. The van der Waals surface area contributed by atoms with Crippen LogP contribution in [0.2, 0.25) is 0 Å². The molecule has 0 radical (unpaired) electrons. The molecule has 1 fully saturated rings. The summed E-state index contributed by atoms with van der Waals surface area (Å²) in [4.78, 5) is 11.8. The second-order valence-electron chi connectivity index (χ2n) is 7.33. The second-order valence-corrected chi connectivity index (χ2v) is 7.33. The van der Waals surface area contributed by atoms with Crippen LogP contribution in [-0.2, 0) is 19.6 Å². The molecule has 2 aliphatic rings. The standard InChI is InChI=1S/C20H27N5/c1-25(13-15-5-7-21-8-6-15)14-17-10-24-20(12-23-17)18-4-2-3-16-9-22-11-19(16)18/h2-4,10,12,15,21-22H,5-9,11,13-14H2,1H3. The molecule has 2 N–H and O–H groups in total. The van der Waals surface area contributed by atoms with Crippen molar-refractivity contribution in [3.63, 3.8) is 0 Å². The summed E-state index contributed by atoms with van der Waals surface area (Å²) < 4.78 is 0. The lowest BCUT2D eigenvalue weighted by Gasteiger charge is -2.27. The summed E-state index contributed by atoms with van der Waals surface area (Å²) in [6.45, 7) is 6.20. The van der Waals surface area contributed by atoms with Crippen LogP contribution in [0.3, 0.4) is 0 Å². The average Bonchev–Trinajstić information content (AvgIpc) is 3.12. The topological polar surface area (TPSA) is 53.1 Å². The minimum atomic E-state index is 0.804. The predicted molar refractivity (Wildman–Crippen MR) is 99.9 cm³/mol. The van der Waals surface area contributed by atoms with Gasteiger partial charge in [0, 0.05) is 31.7 Å². The lowest BCUT2D eigenvalue weighted by molar-refractivity contribution is 0.232. The van der Waals surface area contributed by atoms with Gasteiger partial charge in [-0.1, -0.05) is 18.2 Å². The Kier molecular flexibility index (Phi) is 5.06. The van der Waals surface area contributed by atoms with Crippen molar-refractivity contribution < 1.29 is 0 Å². The highest BCUT2D eigenvalue weighted by Crippen LogP contribution is 2.27. The highest BCUT2D eigenvalue weighted by Gasteiger charge is 2.17. The van der Waals surface area contributed by atoms with Crippen molar-refractivity contribution in [2.45, 2.75) is 32.5 Å². The Morgan fingerprint density at radius 1 is 1.08 bits per heavy atom. The Morgan fingerprint density at radius 2 is 1.96 bits per heavy atom. The zero-order chi connectivity index (χ0) is 17.1. The maximum Gasteiger partial charge on any atom is 0.0888 e. The van der Waals surface area contributed by atoms with Gasteiger partial charge in [-0.25, -0.2) is 0 Å². The summed E-state index contributed by atoms with van der Waals surface area (Å²) >= 11 is 0. The van der Waals surface area contributed by atoms with Gasteiger partial charge in [-0.2, -0.15) is 0 Å². The van der Waals surface area contributed by atoms with Crippen molar-refractivity contribution in [1.82, 2.24) is 25.5 Å². The van der Waals surface area contributed by atoms with Crippen molar-refractivity contribution in [1.29, 1.82) is 0 Å². The summed E-state index contributed by atoms with van der Waals surface area (Å²) in [5.41, 5.74) is 5.98. The van der Waals surface area contributed by atoms with Crippen LogP contribution in [0.25, 0.3) is 11.3 Å². The van der Waals surface area contributed by atoms with Crippen molar-refractivity contribution in [3.8, 4) is 11.3 Å². The largest absolute Gasteiger partial charge is 0.317 e. The van der Waals surface area contributed by atoms with E-state index in [1.807, 2.05) is 12.4 Å². The summed E-state index contributed by atoms with van der Waals surface area (Å²) in [5, 5.41) is 6.85. The molecule has 4 rings (SSSR count). The third-order valence-corrected chi connectivity index (χ3v) is 5.33. The van der Waals surface area contributed by atoms with Gasteiger partial charge < -0.3 is 15.5 Å². The first-order valence-electron chi connectivity index (χ1n) is 9.31. The SMILES string of the molecule is CN(Cc1cnc(-c2cccc3c2CNC3)cn1)CC1CCNCC1. The molecule has 3 heterocycles. The molecule has 5 nitrogen and oxygen atoms in total. The van der Waals surface area contributed by atoms with E-state index in [0.717, 1.165) is 56.6 Å². The Balaban J connectivity index is 1.41. The Labute approximate surface area is 149 Å². The average molecular weight is 337 g/mol. The summed E-state index contributed by atoms with van der Waals surface area (Å²) in [7, 11) is 2.19. The fourth-order valence-corrected chi connectivity index (χ4v) is 3.99. The number of fused-ring (bicyclic) bond motifs is 1. The van der Waals surface area contributed by atoms with Gasteiger partial charge in [-0.3, -0.25) is 9.97 Å². The first-order valence-corrected chi connectivity index (χ1v) is 9.31. The van der Waals surface area contributed by atoms with Crippen LogP contribution in [-0.4, -0.2) is 41.5 Å². The molecule has 0 unspecified atom stereocenters. The van der Waals surface area contributed by atoms with Crippen molar-refractivity contribution in [2.24, 2.45) is 5.92 Å². The molecule has 1 aromatic heterocycles. The number of nitrogens with zero attached hydrogens (tertiary/aromatic N) is 3. The van der Waals surface area contributed by atoms with Gasteiger partial charge in [0.25, 0.3) is 0 Å². The maximum absolute atomic E-state index is 4.70. The molecule has 0 atom stereocenters. The molecule has 132 valence electrons. The highest BCUT2D eigenvalue weighted by atomic mass is 15.1. The van der Waals surface area contributed by atoms with Crippen LogP contribution in [0.5, 0.6) is 0 Å². The van der Waals surface area contributed by atoms with E-state index >= 15 is 0 Å². The Morgan fingerprint density at radius 3 is 2.76 bits per heavy atom. The van der Waals surface area contributed by atoms with E-state index in [-0.39, 0.29) is 0 Å². The molecule has 5 heteroatoms. The fraction of sp³-hybridized carbons (Fsp3) is 0.500. The lowest BCUT2D eigenvalue weighted by Crippen LogP contribution is -2.34. The second kappa shape index (κ2) is 7.60. The molecule has 1 saturated heterocycles. The van der Waals surface area contributed by atoms with Gasteiger partial charge in [-0.05, 0) is 50.0 Å². The predicted octanol–water partition coefficient (Wildman–Crippen LogP) is 2.18. The number of hydrogen-bond donors (Lipinski definition) is 2. The number of nitrogens with one attached hydrogen (secondary N) is 2. The van der Waals surface area contributed by atoms with Crippen LogP contribution in [0.4, 0.5) is 0 Å². The minimum Gasteiger partial charge on any atom is -0.317 e. The van der Waals surface area contributed by atoms with Gasteiger partial charge in [-0.15, -0.1) is 0 Å². The van der Waals surface area contributed by atoms with Gasteiger partial charge >= 0.3 is 0 Å². The summed E-state index contributed by atoms with van der Waals surface area (Å²) in [6.07, 6.45) is 6.43. The molecular weight excluding hydrogens is 310 g/mol. The highest BCUT2D eigenvalue weighted by molar-refractivity contribution is 5.65. The van der Waals surface area contributed by atoms with E-state index in [1.165, 1.54) is 29.5 Å². The van der Waals surface area contributed by atoms with Crippen LogP contribution in [0.1, 0.15) is 29.7 Å². The molecule has 0 aliphatic carbocycles. The number of piperidine rings is 1. The first-order chi connectivity index (χ1) is 12.3. The molecule has 0 saturated carbocycles. The maximum atomic E-state index is 4.70. The van der Waals surface area contributed by atoms with Gasteiger partial charge in [0.1, 0.15) is 0 Å².